The molecule has 0 aliphatic rings. The average molecular weight is 246 g/mol. The van der Waals surface area contributed by atoms with Crippen LogP contribution in [0.2, 0.25) is 0 Å². The Morgan fingerprint density at radius 1 is 0.846 bits per heavy atom. The summed E-state index contributed by atoms with van der Waals surface area (Å²) in [6.07, 6.45) is 0.846. The molecule has 0 unspecified atom stereocenters. The molecule has 0 aromatic carbocycles. The van der Waals surface area contributed by atoms with Crippen molar-refractivity contribution in [2.24, 2.45) is 0 Å². The number of hydrogen-bond acceptors (Lipinski definition) is 1. The summed E-state index contributed by atoms with van der Waals surface area (Å²) in [5, 5.41) is 0. The Labute approximate surface area is 75.7 Å². The first-order chi connectivity index (χ1) is 5.36. The number of alkyl halides is 6. The summed E-state index contributed by atoms with van der Waals surface area (Å²) in [6.45, 7) is 0.548. The van der Waals surface area contributed by atoms with E-state index in [9.17, 15) is 26.3 Å². The van der Waals surface area contributed by atoms with Crippen molar-refractivity contribution in [1.82, 2.24) is 0 Å². The van der Waals surface area contributed by atoms with Gasteiger partial charge in [-0.25, -0.2) is 0 Å². The molecular formula is C5H9F6PS. The molecule has 0 rings (SSSR count). The van der Waals surface area contributed by atoms with Crippen LogP contribution in [-0.2, 0) is 0 Å². The maximum atomic E-state index is 12.3. The summed E-state index contributed by atoms with van der Waals surface area (Å²) in [7, 11) is 0. The summed E-state index contributed by atoms with van der Waals surface area (Å²) >= 11 is -0.131. The molecule has 0 atom stereocenters. The van der Waals surface area contributed by atoms with Crippen molar-refractivity contribution in [3.8, 4) is 0 Å². The van der Waals surface area contributed by atoms with Crippen LogP contribution in [0.25, 0.3) is 0 Å². The van der Waals surface area contributed by atoms with Gasteiger partial charge in [0.1, 0.15) is 0 Å². The predicted octanol–water partition coefficient (Wildman–Crippen LogP) is 4.12. The molecule has 0 spiro atoms. The SMILES string of the molecule is CSP(C)(C)(C(F)(F)F)C(F)(F)F. The van der Waals surface area contributed by atoms with Crippen molar-refractivity contribution in [1.29, 1.82) is 0 Å². The first kappa shape index (κ1) is 13.4. The zero-order valence-corrected chi connectivity index (χ0v) is 8.83. The van der Waals surface area contributed by atoms with E-state index in [0.29, 0.717) is 0 Å². The number of hydrogen-bond donors (Lipinski definition) is 0. The predicted molar refractivity (Wildman–Crippen MR) is 44.4 cm³/mol. The van der Waals surface area contributed by atoms with Crippen LogP contribution in [0.1, 0.15) is 0 Å². The van der Waals surface area contributed by atoms with Crippen molar-refractivity contribution in [3.63, 3.8) is 0 Å². The maximum absolute atomic E-state index is 12.3. The molecule has 0 aromatic heterocycles. The molecule has 0 fully saturated rings. The van der Waals surface area contributed by atoms with Crippen LogP contribution >= 0.6 is 17.2 Å². The van der Waals surface area contributed by atoms with Gasteiger partial charge < -0.3 is 0 Å². The Kier molecular flexibility index (Phi) is 3.00. The Balaban J connectivity index is 5.50. The van der Waals surface area contributed by atoms with E-state index in [2.05, 4.69) is 0 Å². The monoisotopic (exact) mass is 246 g/mol. The van der Waals surface area contributed by atoms with Crippen molar-refractivity contribution >= 4 is 17.2 Å². The third-order valence-electron chi connectivity index (χ3n) is 2.02. The van der Waals surface area contributed by atoms with Gasteiger partial charge in [-0.3, -0.25) is 0 Å². The molecular weight excluding hydrogens is 237 g/mol. The van der Waals surface area contributed by atoms with Crippen LogP contribution in [0, 0.1) is 0 Å². The van der Waals surface area contributed by atoms with Gasteiger partial charge in [0, 0.05) is 0 Å². The van der Waals surface area contributed by atoms with Crippen molar-refractivity contribution in [3.05, 3.63) is 0 Å². The first-order valence-corrected chi connectivity index (χ1v) is 8.03. The molecule has 13 heavy (non-hydrogen) atoms. The van der Waals surface area contributed by atoms with E-state index in [1.165, 1.54) is 0 Å². The minimum atomic E-state index is -5.69. The quantitative estimate of drug-likeness (QED) is 0.495. The fourth-order valence-corrected chi connectivity index (χ4v) is 2.29. The van der Waals surface area contributed by atoms with Gasteiger partial charge in [-0.15, -0.1) is 0 Å². The molecule has 0 bridgehead atoms. The van der Waals surface area contributed by atoms with Gasteiger partial charge in [-0.05, 0) is 0 Å². The average Bonchev–Trinajstić information content (AvgIpc) is 1.83. The Bertz CT molecular complexity index is 186. The topological polar surface area (TPSA) is 0 Å². The zero-order valence-electron chi connectivity index (χ0n) is 7.12. The molecule has 82 valence electrons. The molecule has 0 aromatic rings. The Morgan fingerprint density at radius 3 is 1.08 bits per heavy atom. The van der Waals surface area contributed by atoms with E-state index < -0.39 is 17.6 Å². The second-order valence-electron chi connectivity index (χ2n) is 3.12. The summed E-state index contributed by atoms with van der Waals surface area (Å²) in [5.41, 5.74) is 0. The molecule has 0 saturated heterocycles. The third kappa shape index (κ3) is 1.65. The van der Waals surface area contributed by atoms with E-state index in [1.54, 1.807) is 0 Å². The van der Waals surface area contributed by atoms with E-state index in [0.717, 1.165) is 6.26 Å². The Morgan fingerprint density at radius 2 is 1.08 bits per heavy atom. The van der Waals surface area contributed by atoms with Crippen molar-refractivity contribution in [2.75, 3.05) is 19.6 Å². The van der Waals surface area contributed by atoms with Crippen molar-refractivity contribution < 1.29 is 26.3 Å². The summed E-state index contributed by atoms with van der Waals surface area (Å²) in [5.74, 6) is -16.1. The van der Waals surface area contributed by atoms with Gasteiger partial charge in [0.25, 0.3) is 0 Å². The van der Waals surface area contributed by atoms with Gasteiger partial charge in [-0.2, -0.15) is 0 Å². The van der Waals surface area contributed by atoms with E-state index in [4.69, 9.17) is 0 Å². The van der Waals surface area contributed by atoms with Gasteiger partial charge in [0.2, 0.25) is 0 Å². The summed E-state index contributed by atoms with van der Waals surface area (Å²) in [6, 6.07) is 0. The van der Waals surface area contributed by atoms with Crippen LogP contribution in [0.4, 0.5) is 26.3 Å². The molecule has 0 saturated carbocycles. The number of halogens is 6. The van der Waals surface area contributed by atoms with Crippen molar-refractivity contribution in [2.45, 2.75) is 11.8 Å². The molecule has 0 heterocycles. The van der Waals surface area contributed by atoms with E-state index in [-0.39, 0.29) is 24.7 Å². The van der Waals surface area contributed by atoms with E-state index in [1.807, 2.05) is 0 Å². The van der Waals surface area contributed by atoms with Crippen LogP contribution < -0.4 is 0 Å². The molecule has 0 aliphatic heterocycles. The van der Waals surface area contributed by atoms with Crippen LogP contribution in [-0.4, -0.2) is 31.4 Å². The summed E-state index contributed by atoms with van der Waals surface area (Å²) < 4.78 is 73.8. The number of rotatable bonds is 1. The van der Waals surface area contributed by atoms with Gasteiger partial charge in [0.15, 0.2) is 0 Å². The summed E-state index contributed by atoms with van der Waals surface area (Å²) in [4.78, 5) is 0. The normalized spacial score (nSPS) is 18.1. The zero-order chi connectivity index (χ0) is 11.2. The Hall–Kier alpha value is 0.360. The fourth-order valence-electron chi connectivity index (χ4n) is 0.351. The van der Waals surface area contributed by atoms with Gasteiger partial charge in [0.05, 0.1) is 0 Å². The van der Waals surface area contributed by atoms with Crippen LogP contribution in [0.15, 0.2) is 0 Å². The standard InChI is InChI=1S/C5H9F6PS/c1-12(2,13-3,4(6,7)8)5(9,10)11/h1-3H3. The van der Waals surface area contributed by atoms with Gasteiger partial charge in [-0.1, -0.05) is 0 Å². The molecule has 0 aliphatic carbocycles. The molecule has 0 N–H and O–H groups in total. The first-order valence-electron chi connectivity index (χ1n) is 3.07. The molecule has 0 radical (unpaired) electrons. The second kappa shape index (κ2) is 2.92. The fraction of sp³-hybridized carbons (Fsp3) is 1.00. The van der Waals surface area contributed by atoms with Crippen LogP contribution in [0.3, 0.4) is 0 Å². The van der Waals surface area contributed by atoms with Crippen LogP contribution in [0.5, 0.6) is 0 Å². The minimum absolute atomic E-state index is 0.131. The van der Waals surface area contributed by atoms with E-state index >= 15 is 0 Å². The second-order valence-corrected chi connectivity index (χ2v) is 12.9. The molecule has 8 heteroatoms. The molecule has 0 amide bonds. The molecule has 0 nitrogen and oxygen atoms in total. The van der Waals surface area contributed by atoms with Gasteiger partial charge >= 0.3 is 74.9 Å². The third-order valence-corrected chi connectivity index (χ3v) is 10.6.